The van der Waals surface area contributed by atoms with E-state index in [2.05, 4.69) is 15.4 Å². The van der Waals surface area contributed by atoms with Gasteiger partial charge in [0.2, 0.25) is 5.75 Å². The molecule has 0 bridgehead atoms. The number of hydrazine groups is 1. The van der Waals surface area contributed by atoms with E-state index in [0.29, 0.717) is 24.1 Å². The molecule has 0 saturated heterocycles. The van der Waals surface area contributed by atoms with Gasteiger partial charge in [-0.2, -0.15) is 4.98 Å². The van der Waals surface area contributed by atoms with E-state index in [1.165, 1.54) is 13.4 Å². The van der Waals surface area contributed by atoms with Crippen LogP contribution in [0, 0.1) is 0 Å². The van der Waals surface area contributed by atoms with Gasteiger partial charge in [0.25, 0.3) is 5.88 Å². The number of hydrogen-bond donors (Lipinski definition) is 2. The average Bonchev–Trinajstić information content (AvgIpc) is 2.52. The van der Waals surface area contributed by atoms with Gasteiger partial charge in [-0.1, -0.05) is 36.4 Å². The fraction of sp³-hybridized carbons (Fsp3) is 0.143. The second-order valence-electron chi connectivity index (χ2n) is 3.83. The normalized spacial score (nSPS) is 10.5. The van der Waals surface area contributed by atoms with Gasteiger partial charge in [-0.05, 0) is 11.6 Å². The molecule has 0 aliphatic rings. The zero-order chi connectivity index (χ0) is 14.2. The number of nitrogen functional groups attached to an aromatic ring is 1. The molecule has 2 rings (SSSR count). The zero-order valence-electron chi connectivity index (χ0n) is 11.1. The molecule has 0 aliphatic heterocycles. The van der Waals surface area contributed by atoms with Gasteiger partial charge in [-0.3, -0.25) is 0 Å². The van der Waals surface area contributed by atoms with E-state index in [-0.39, 0.29) is 0 Å². The lowest BCUT2D eigenvalue weighted by Crippen LogP contribution is -2.11. The molecule has 2 aromatic rings. The van der Waals surface area contributed by atoms with E-state index in [1.807, 2.05) is 42.5 Å². The van der Waals surface area contributed by atoms with Crippen molar-refractivity contribution in [3.05, 3.63) is 48.3 Å². The lowest BCUT2D eigenvalue weighted by molar-refractivity contribution is 0.313. The van der Waals surface area contributed by atoms with Gasteiger partial charge in [-0.15, -0.1) is 0 Å². The average molecular weight is 272 g/mol. The molecule has 6 nitrogen and oxygen atoms in total. The van der Waals surface area contributed by atoms with Crippen molar-refractivity contribution in [3.8, 4) is 11.6 Å². The third kappa shape index (κ3) is 3.46. The van der Waals surface area contributed by atoms with E-state index >= 15 is 0 Å². The molecule has 0 unspecified atom stereocenters. The Morgan fingerprint density at radius 1 is 1.25 bits per heavy atom. The minimum absolute atomic E-state index is 0.341. The van der Waals surface area contributed by atoms with Crippen LogP contribution in [-0.2, 0) is 0 Å². The Morgan fingerprint density at radius 3 is 2.75 bits per heavy atom. The first-order chi connectivity index (χ1) is 9.85. The van der Waals surface area contributed by atoms with Crippen molar-refractivity contribution in [1.29, 1.82) is 0 Å². The van der Waals surface area contributed by atoms with Crippen LogP contribution in [0.15, 0.2) is 42.7 Å². The summed E-state index contributed by atoms with van der Waals surface area (Å²) in [5, 5.41) is 0. The van der Waals surface area contributed by atoms with Crippen LogP contribution in [0.2, 0.25) is 0 Å². The summed E-state index contributed by atoms with van der Waals surface area (Å²) < 4.78 is 10.7. The fourth-order valence-corrected chi connectivity index (χ4v) is 1.62. The number of nitrogens with one attached hydrogen (secondary N) is 1. The van der Waals surface area contributed by atoms with Crippen LogP contribution in [0.1, 0.15) is 5.56 Å². The number of nitrogens with zero attached hydrogens (tertiary/aromatic N) is 2. The maximum Gasteiger partial charge on any atom is 0.262 e. The monoisotopic (exact) mass is 272 g/mol. The van der Waals surface area contributed by atoms with E-state index in [1.54, 1.807) is 0 Å². The quantitative estimate of drug-likeness (QED) is 0.617. The fourth-order valence-electron chi connectivity index (χ4n) is 1.62. The second-order valence-corrected chi connectivity index (χ2v) is 3.83. The van der Waals surface area contributed by atoms with Crippen LogP contribution in [0.3, 0.4) is 0 Å². The smallest absolute Gasteiger partial charge is 0.262 e. The number of rotatable bonds is 6. The molecule has 0 fully saturated rings. The third-order valence-electron chi connectivity index (χ3n) is 2.54. The molecule has 0 saturated carbocycles. The van der Waals surface area contributed by atoms with Crippen molar-refractivity contribution < 1.29 is 9.47 Å². The molecule has 1 heterocycles. The molecule has 0 amide bonds. The summed E-state index contributed by atoms with van der Waals surface area (Å²) in [5.74, 6) is 6.43. The predicted molar refractivity (Wildman–Crippen MR) is 77.4 cm³/mol. The van der Waals surface area contributed by atoms with Gasteiger partial charge in [0.05, 0.1) is 7.11 Å². The molecule has 3 N–H and O–H groups in total. The first kappa shape index (κ1) is 13.8. The molecule has 6 heteroatoms. The highest BCUT2D eigenvalue weighted by Crippen LogP contribution is 2.29. The molecule has 0 aliphatic carbocycles. The van der Waals surface area contributed by atoms with Crippen molar-refractivity contribution in [2.45, 2.75) is 0 Å². The Hall–Kier alpha value is -2.60. The van der Waals surface area contributed by atoms with Crippen molar-refractivity contribution in [3.63, 3.8) is 0 Å². The number of anilines is 1. The van der Waals surface area contributed by atoms with Crippen LogP contribution in [0.25, 0.3) is 6.08 Å². The van der Waals surface area contributed by atoms with Gasteiger partial charge in [0, 0.05) is 0 Å². The predicted octanol–water partition coefficient (Wildman–Crippen LogP) is 1.86. The zero-order valence-corrected chi connectivity index (χ0v) is 11.1. The minimum atomic E-state index is 0.341. The highest BCUT2D eigenvalue weighted by Gasteiger charge is 2.11. The van der Waals surface area contributed by atoms with Crippen LogP contribution < -0.4 is 20.7 Å². The Bertz CT molecular complexity index is 573. The van der Waals surface area contributed by atoms with E-state index in [4.69, 9.17) is 15.3 Å². The first-order valence-electron chi connectivity index (χ1n) is 6.05. The number of hydrogen-bond acceptors (Lipinski definition) is 6. The van der Waals surface area contributed by atoms with Gasteiger partial charge in [0.1, 0.15) is 12.9 Å². The van der Waals surface area contributed by atoms with Gasteiger partial charge < -0.3 is 14.9 Å². The molecule has 104 valence electrons. The molecule has 0 radical (unpaired) electrons. The molecule has 1 aromatic carbocycles. The summed E-state index contributed by atoms with van der Waals surface area (Å²) in [4.78, 5) is 7.95. The molecule has 1 aromatic heterocycles. The van der Waals surface area contributed by atoms with Crippen LogP contribution >= 0.6 is 0 Å². The third-order valence-corrected chi connectivity index (χ3v) is 2.54. The van der Waals surface area contributed by atoms with Crippen LogP contribution in [0.5, 0.6) is 11.6 Å². The Labute approximate surface area is 117 Å². The van der Waals surface area contributed by atoms with E-state index in [0.717, 1.165) is 5.56 Å². The van der Waals surface area contributed by atoms with E-state index < -0.39 is 0 Å². The summed E-state index contributed by atoms with van der Waals surface area (Å²) >= 11 is 0. The number of benzene rings is 1. The summed E-state index contributed by atoms with van der Waals surface area (Å²) in [6, 6.07) is 9.96. The molecule has 0 atom stereocenters. The summed E-state index contributed by atoms with van der Waals surface area (Å²) in [6.07, 6.45) is 5.22. The highest BCUT2D eigenvalue weighted by atomic mass is 16.5. The SMILES string of the molecule is COc1c(NN)ncnc1OC/C=C/c1ccccc1. The number of nitrogens with two attached hydrogens (primary N) is 1. The molecule has 0 spiro atoms. The lowest BCUT2D eigenvalue weighted by atomic mass is 10.2. The Balaban J connectivity index is 1.99. The Morgan fingerprint density at radius 2 is 2.05 bits per heavy atom. The van der Waals surface area contributed by atoms with Gasteiger partial charge >= 0.3 is 0 Å². The number of ether oxygens (including phenoxy) is 2. The summed E-state index contributed by atoms with van der Waals surface area (Å²) in [7, 11) is 1.51. The minimum Gasteiger partial charge on any atom is -0.489 e. The second kappa shape index (κ2) is 7.10. The van der Waals surface area contributed by atoms with Crippen LogP contribution in [-0.4, -0.2) is 23.7 Å². The molecular weight excluding hydrogens is 256 g/mol. The standard InChI is InChI=1S/C14H16N4O2/c1-19-12-13(18-15)16-10-17-14(12)20-9-5-8-11-6-3-2-4-7-11/h2-8,10H,9,15H2,1H3,(H,16,17,18)/b8-5+. The lowest BCUT2D eigenvalue weighted by Gasteiger charge is -2.10. The molecular formula is C14H16N4O2. The van der Waals surface area contributed by atoms with Crippen LogP contribution in [0.4, 0.5) is 5.82 Å². The van der Waals surface area contributed by atoms with E-state index in [9.17, 15) is 0 Å². The van der Waals surface area contributed by atoms with Crippen molar-refractivity contribution in [2.75, 3.05) is 19.1 Å². The highest BCUT2D eigenvalue weighted by molar-refractivity contribution is 5.54. The Kier molecular flexibility index (Phi) is 4.91. The number of methoxy groups -OCH3 is 1. The number of aromatic nitrogens is 2. The van der Waals surface area contributed by atoms with Gasteiger partial charge in [0.15, 0.2) is 5.82 Å². The first-order valence-corrected chi connectivity index (χ1v) is 6.05. The maximum absolute atomic E-state index is 5.53. The maximum atomic E-state index is 5.53. The van der Waals surface area contributed by atoms with Crippen molar-refractivity contribution >= 4 is 11.9 Å². The molecule has 20 heavy (non-hydrogen) atoms. The van der Waals surface area contributed by atoms with Crippen molar-refractivity contribution in [2.24, 2.45) is 5.84 Å². The van der Waals surface area contributed by atoms with Gasteiger partial charge in [-0.25, -0.2) is 10.8 Å². The summed E-state index contributed by atoms with van der Waals surface area (Å²) in [5.41, 5.74) is 3.54. The largest absolute Gasteiger partial charge is 0.489 e. The van der Waals surface area contributed by atoms with Crippen molar-refractivity contribution in [1.82, 2.24) is 9.97 Å². The summed E-state index contributed by atoms with van der Waals surface area (Å²) in [6.45, 7) is 0.367. The topological polar surface area (TPSA) is 82.3 Å².